The van der Waals surface area contributed by atoms with E-state index < -0.39 is 27.9 Å². The van der Waals surface area contributed by atoms with Crippen molar-refractivity contribution < 1.29 is 27.5 Å². The fourth-order valence-electron chi connectivity index (χ4n) is 4.25. The molecule has 0 aliphatic carbocycles. The SMILES string of the molecule is CC(=O)Nc1ccc(N2C(=O)CC(N(CCN3CCOCC3)S(=O)(=O)c3ccccc3)C2=O)cc1. The molecule has 2 saturated heterocycles. The minimum atomic E-state index is -4.04. The van der Waals surface area contributed by atoms with E-state index in [0.29, 0.717) is 44.2 Å². The first-order chi connectivity index (χ1) is 16.8. The highest BCUT2D eigenvalue weighted by Gasteiger charge is 2.46. The number of hydrogen-bond acceptors (Lipinski definition) is 7. The van der Waals surface area contributed by atoms with Gasteiger partial charge in [0.25, 0.3) is 5.91 Å². The molecule has 2 fully saturated rings. The molecule has 35 heavy (non-hydrogen) atoms. The van der Waals surface area contributed by atoms with Crippen LogP contribution in [0.4, 0.5) is 11.4 Å². The molecule has 0 spiro atoms. The average Bonchev–Trinajstić information content (AvgIpc) is 3.14. The van der Waals surface area contributed by atoms with Crippen LogP contribution in [0.2, 0.25) is 0 Å². The molecule has 2 aliphatic heterocycles. The van der Waals surface area contributed by atoms with Crippen LogP contribution >= 0.6 is 0 Å². The van der Waals surface area contributed by atoms with Gasteiger partial charge in [0.05, 0.1) is 30.2 Å². The Labute approximate surface area is 204 Å². The summed E-state index contributed by atoms with van der Waals surface area (Å²) in [4.78, 5) is 40.8. The van der Waals surface area contributed by atoms with Crippen LogP contribution in [0.25, 0.3) is 0 Å². The molecule has 0 radical (unpaired) electrons. The van der Waals surface area contributed by atoms with E-state index in [-0.39, 0.29) is 23.8 Å². The van der Waals surface area contributed by atoms with Crippen LogP contribution in [-0.2, 0) is 29.1 Å². The zero-order chi connectivity index (χ0) is 25.0. The predicted octanol–water partition coefficient (Wildman–Crippen LogP) is 1.30. The molecule has 2 aromatic rings. The van der Waals surface area contributed by atoms with Gasteiger partial charge in [-0.15, -0.1) is 0 Å². The molecule has 1 N–H and O–H groups in total. The van der Waals surface area contributed by atoms with Gasteiger partial charge in [0.15, 0.2) is 0 Å². The Morgan fingerprint density at radius 1 is 1.06 bits per heavy atom. The van der Waals surface area contributed by atoms with Gasteiger partial charge in [-0.25, -0.2) is 13.3 Å². The summed E-state index contributed by atoms with van der Waals surface area (Å²) >= 11 is 0. The maximum absolute atomic E-state index is 13.6. The van der Waals surface area contributed by atoms with E-state index >= 15 is 0 Å². The lowest BCUT2D eigenvalue weighted by molar-refractivity contribution is -0.122. The molecule has 2 heterocycles. The van der Waals surface area contributed by atoms with Crippen molar-refractivity contribution in [3.05, 3.63) is 54.6 Å². The Hall–Kier alpha value is -3.12. The fourth-order valence-corrected chi connectivity index (χ4v) is 5.84. The molecular weight excluding hydrogens is 472 g/mol. The van der Waals surface area contributed by atoms with Gasteiger partial charge in [0, 0.05) is 38.8 Å². The first-order valence-corrected chi connectivity index (χ1v) is 12.8. The highest BCUT2D eigenvalue weighted by Crippen LogP contribution is 2.30. The molecule has 10 nitrogen and oxygen atoms in total. The highest BCUT2D eigenvalue weighted by atomic mass is 32.2. The number of carbonyl (C=O) groups is 3. The quantitative estimate of drug-likeness (QED) is 0.543. The monoisotopic (exact) mass is 500 g/mol. The van der Waals surface area contributed by atoms with Crippen molar-refractivity contribution in [3.8, 4) is 0 Å². The fraction of sp³-hybridized carbons (Fsp3) is 0.375. The third-order valence-electron chi connectivity index (χ3n) is 6.01. The second-order valence-electron chi connectivity index (χ2n) is 8.40. The highest BCUT2D eigenvalue weighted by molar-refractivity contribution is 7.89. The van der Waals surface area contributed by atoms with Crippen molar-refractivity contribution in [2.24, 2.45) is 0 Å². The van der Waals surface area contributed by atoms with Crippen LogP contribution in [0.3, 0.4) is 0 Å². The molecule has 186 valence electrons. The van der Waals surface area contributed by atoms with Gasteiger partial charge in [0.1, 0.15) is 6.04 Å². The number of sulfonamides is 1. The maximum atomic E-state index is 13.6. The van der Waals surface area contributed by atoms with E-state index in [4.69, 9.17) is 4.74 Å². The molecule has 4 rings (SSSR count). The zero-order valence-electron chi connectivity index (χ0n) is 19.4. The van der Waals surface area contributed by atoms with Gasteiger partial charge in [-0.05, 0) is 36.4 Å². The van der Waals surface area contributed by atoms with Crippen molar-refractivity contribution in [1.82, 2.24) is 9.21 Å². The van der Waals surface area contributed by atoms with E-state index in [1.807, 2.05) is 0 Å². The van der Waals surface area contributed by atoms with E-state index in [9.17, 15) is 22.8 Å². The number of amides is 3. The summed E-state index contributed by atoms with van der Waals surface area (Å²) in [5.41, 5.74) is 0.845. The summed E-state index contributed by atoms with van der Waals surface area (Å²) in [7, 11) is -4.04. The van der Waals surface area contributed by atoms with Crippen LogP contribution in [0.15, 0.2) is 59.5 Å². The number of ether oxygens (including phenoxy) is 1. The largest absolute Gasteiger partial charge is 0.379 e. The normalized spacial score (nSPS) is 19.4. The van der Waals surface area contributed by atoms with Gasteiger partial charge in [-0.1, -0.05) is 18.2 Å². The third-order valence-corrected chi connectivity index (χ3v) is 7.93. The van der Waals surface area contributed by atoms with Crippen molar-refractivity contribution >= 4 is 39.1 Å². The number of nitrogens with zero attached hydrogens (tertiary/aromatic N) is 3. The molecule has 0 saturated carbocycles. The molecule has 2 aromatic carbocycles. The number of imide groups is 1. The molecule has 1 unspecified atom stereocenters. The number of benzene rings is 2. The first kappa shape index (κ1) is 25.0. The third kappa shape index (κ3) is 5.59. The molecule has 0 bridgehead atoms. The Morgan fingerprint density at radius 2 is 1.71 bits per heavy atom. The summed E-state index contributed by atoms with van der Waals surface area (Å²) in [6.07, 6.45) is -0.249. The van der Waals surface area contributed by atoms with E-state index in [1.54, 1.807) is 42.5 Å². The molecule has 11 heteroatoms. The van der Waals surface area contributed by atoms with Crippen molar-refractivity contribution in [3.63, 3.8) is 0 Å². The smallest absolute Gasteiger partial charge is 0.252 e. The lowest BCUT2D eigenvalue weighted by atomic mass is 10.2. The number of hydrogen-bond donors (Lipinski definition) is 1. The van der Waals surface area contributed by atoms with Crippen LogP contribution < -0.4 is 10.2 Å². The van der Waals surface area contributed by atoms with Gasteiger partial charge in [0.2, 0.25) is 21.8 Å². The van der Waals surface area contributed by atoms with Crippen LogP contribution in [0, 0.1) is 0 Å². The summed E-state index contributed by atoms with van der Waals surface area (Å²) in [5.74, 6) is -1.32. The number of rotatable bonds is 8. The zero-order valence-corrected chi connectivity index (χ0v) is 20.2. The van der Waals surface area contributed by atoms with E-state index in [0.717, 1.165) is 9.21 Å². The number of morpholine rings is 1. The molecule has 3 amide bonds. The number of carbonyl (C=O) groups excluding carboxylic acids is 3. The molecule has 0 aromatic heterocycles. The standard InChI is InChI=1S/C24H28N4O6S/c1-18(29)25-19-7-9-20(10-8-19)28-23(30)17-22(24(28)31)27(12-11-26-13-15-34-16-14-26)35(32,33)21-5-3-2-4-6-21/h2-10,22H,11-17H2,1H3,(H,25,29). The maximum Gasteiger partial charge on any atom is 0.252 e. The predicted molar refractivity (Wildman–Crippen MR) is 129 cm³/mol. The van der Waals surface area contributed by atoms with E-state index in [1.165, 1.54) is 19.1 Å². The van der Waals surface area contributed by atoms with Crippen LogP contribution in [0.5, 0.6) is 0 Å². The van der Waals surface area contributed by atoms with Gasteiger partial charge in [-0.3, -0.25) is 19.3 Å². The van der Waals surface area contributed by atoms with E-state index in [2.05, 4.69) is 10.2 Å². The Morgan fingerprint density at radius 3 is 2.34 bits per heavy atom. The summed E-state index contributed by atoms with van der Waals surface area (Å²) in [6, 6.07) is 13.0. The van der Waals surface area contributed by atoms with Gasteiger partial charge >= 0.3 is 0 Å². The Bertz CT molecular complexity index is 1180. The molecule has 1 atom stereocenters. The Kier molecular flexibility index (Phi) is 7.60. The van der Waals surface area contributed by atoms with Gasteiger partial charge < -0.3 is 10.1 Å². The topological polar surface area (TPSA) is 116 Å². The van der Waals surface area contributed by atoms with Crippen molar-refractivity contribution in [2.45, 2.75) is 24.3 Å². The second kappa shape index (κ2) is 10.6. The minimum absolute atomic E-state index is 0.0657. The number of nitrogens with one attached hydrogen (secondary N) is 1. The lowest BCUT2D eigenvalue weighted by Gasteiger charge is -2.31. The summed E-state index contributed by atoms with van der Waals surface area (Å²) in [5, 5.41) is 2.63. The Balaban J connectivity index is 1.60. The molecule has 2 aliphatic rings. The van der Waals surface area contributed by atoms with Crippen molar-refractivity contribution in [1.29, 1.82) is 0 Å². The number of anilines is 2. The second-order valence-corrected chi connectivity index (χ2v) is 10.3. The minimum Gasteiger partial charge on any atom is -0.379 e. The van der Waals surface area contributed by atoms with Crippen molar-refractivity contribution in [2.75, 3.05) is 49.6 Å². The molecular formula is C24H28N4O6S. The summed E-state index contributed by atoms with van der Waals surface area (Å²) < 4.78 is 33.7. The summed E-state index contributed by atoms with van der Waals surface area (Å²) in [6.45, 7) is 4.33. The van der Waals surface area contributed by atoms with Crippen LogP contribution in [-0.4, -0.2) is 80.8 Å². The first-order valence-electron chi connectivity index (χ1n) is 11.4. The lowest BCUT2D eigenvalue weighted by Crippen LogP contribution is -2.49. The average molecular weight is 501 g/mol. The van der Waals surface area contributed by atoms with Crippen LogP contribution in [0.1, 0.15) is 13.3 Å². The van der Waals surface area contributed by atoms with Gasteiger partial charge in [-0.2, -0.15) is 4.31 Å².